The molecular weight excluding hydrogens is 424 g/mol. The molecule has 3 rings (SSSR count). The van der Waals surface area contributed by atoms with Gasteiger partial charge in [-0.15, -0.1) is 0 Å². The Hall–Kier alpha value is -2.98. The molecule has 1 atom stereocenters. The second-order valence-corrected chi connectivity index (χ2v) is 10.1. The van der Waals surface area contributed by atoms with Crippen molar-refractivity contribution in [2.75, 3.05) is 5.32 Å². The van der Waals surface area contributed by atoms with Gasteiger partial charge in [-0.2, -0.15) is 0 Å². The van der Waals surface area contributed by atoms with E-state index < -0.39 is 0 Å². The summed E-state index contributed by atoms with van der Waals surface area (Å²) in [6, 6.07) is 22.0. The van der Waals surface area contributed by atoms with E-state index in [4.69, 9.17) is 12.2 Å². The Balaban J connectivity index is 1.71. The molecule has 3 aromatic carbocycles. The summed E-state index contributed by atoms with van der Waals surface area (Å²) in [5.41, 5.74) is 7.12. The monoisotopic (exact) mass is 458 g/mol. The van der Waals surface area contributed by atoms with E-state index in [1.54, 1.807) is 0 Å². The number of benzene rings is 3. The molecule has 3 nitrogen and oxygen atoms in total. The van der Waals surface area contributed by atoms with Crippen LogP contribution in [0.4, 0.5) is 5.69 Å². The highest BCUT2D eigenvalue weighted by Crippen LogP contribution is 2.24. The van der Waals surface area contributed by atoms with Crippen molar-refractivity contribution in [1.29, 1.82) is 0 Å². The normalized spacial score (nSPS) is 12.2. The van der Waals surface area contributed by atoms with E-state index in [1.807, 2.05) is 48.5 Å². The molecule has 0 saturated heterocycles. The molecule has 0 unspecified atom stereocenters. The van der Waals surface area contributed by atoms with Crippen LogP contribution in [0.5, 0.6) is 0 Å². The largest absolute Gasteiger partial charge is 0.356 e. The van der Waals surface area contributed by atoms with Gasteiger partial charge in [0, 0.05) is 16.8 Å². The van der Waals surface area contributed by atoms with Gasteiger partial charge in [0.2, 0.25) is 0 Å². The Morgan fingerprint density at radius 3 is 2.24 bits per heavy atom. The van der Waals surface area contributed by atoms with Gasteiger partial charge in [0.05, 0.1) is 6.04 Å². The summed E-state index contributed by atoms with van der Waals surface area (Å²) in [6.07, 6.45) is 0.912. The molecule has 172 valence electrons. The molecule has 2 N–H and O–H groups in total. The fourth-order valence-electron chi connectivity index (χ4n) is 3.97. The van der Waals surface area contributed by atoms with Crippen molar-refractivity contribution < 1.29 is 4.79 Å². The number of rotatable bonds is 6. The summed E-state index contributed by atoms with van der Waals surface area (Å²) in [5.74, 6) is -0.000276. The first-order valence-corrected chi connectivity index (χ1v) is 11.9. The smallest absolute Gasteiger partial charge is 0.193 e. The molecule has 0 aromatic heterocycles. The Morgan fingerprint density at radius 1 is 0.939 bits per heavy atom. The zero-order chi connectivity index (χ0) is 24.2. The number of thiocarbonyl (C=S) groups is 1. The lowest BCUT2D eigenvalue weighted by atomic mass is 9.86. The van der Waals surface area contributed by atoms with Crippen molar-refractivity contribution in [3.63, 3.8) is 0 Å². The van der Waals surface area contributed by atoms with Crippen LogP contribution in [-0.4, -0.2) is 10.9 Å². The summed E-state index contributed by atoms with van der Waals surface area (Å²) < 4.78 is 0. The van der Waals surface area contributed by atoms with Crippen LogP contribution in [0.1, 0.15) is 78.3 Å². The number of hydrogen-bond donors (Lipinski definition) is 2. The van der Waals surface area contributed by atoms with Crippen LogP contribution < -0.4 is 10.6 Å². The van der Waals surface area contributed by atoms with E-state index >= 15 is 0 Å². The molecule has 0 spiro atoms. The van der Waals surface area contributed by atoms with Gasteiger partial charge < -0.3 is 10.6 Å². The SMILES string of the molecule is CC[C@H](NC(=S)Nc1cccc(C(=O)c2ccc(C(C)(C)C)cc2)c1)c1ccc(C)cc1C. The Bertz CT molecular complexity index is 1140. The predicted molar refractivity (Wildman–Crippen MR) is 143 cm³/mol. The summed E-state index contributed by atoms with van der Waals surface area (Å²) in [4.78, 5) is 13.0. The lowest BCUT2D eigenvalue weighted by molar-refractivity contribution is 0.103. The third-order valence-corrected chi connectivity index (χ3v) is 6.13. The first-order chi connectivity index (χ1) is 15.6. The molecule has 0 aliphatic rings. The van der Waals surface area contributed by atoms with Crippen molar-refractivity contribution >= 4 is 28.8 Å². The molecule has 0 bridgehead atoms. The van der Waals surface area contributed by atoms with Crippen molar-refractivity contribution in [3.8, 4) is 0 Å². The maximum absolute atomic E-state index is 13.0. The zero-order valence-corrected chi connectivity index (χ0v) is 21.3. The van der Waals surface area contributed by atoms with E-state index in [0.29, 0.717) is 16.2 Å². The summed E-state index contributed by atoms with van der Waals surface area (Å²) >= 11 is 5.59. The van der Waals surface area contributed by atoms with Crippen LogP contribution >= 0.6 is 12.2 Å². The maximum atomic E-state index is 13.0. The number of ketones is 1. The van der Waals surface area contributed by atoms with Crippen molar-refractivity contribution in [2.45, 2.75) is 59.4 Å². The predicted octanol–water partition coefficient (Wildman–Crippen LogP) is 7.27. The average molecular weight is 459 g/mol. The molecule has 0 radical (unpaired) electrons. The first-order valence-electron chi connectivity index (χ1n) is 11.5. The standard InChI is InChI=1S/C29H34N2OS/c1-7-26(25-16-11-19(2)17-20(25)3)31-28(33)30-24-10-8-9-22(18-24)27(32)21-12-14-23(15-13-21)29(4,5)6/h8-18,26H,7H2,1-6H3,(H2,30,31,33)/t26-/m0/s1. The molecule has 0 aliphatic carbocycles. The fraction of sp³-hybridized carbons (Fsp3) is 0.310. The first kappa shape index (κ1) is 24.7. The van der Waals surface area contributed by atoms with E-state index in [-0.39, 0.29) is 17.2 Å². The highest BCUT2D eigenvalue weighted by atomic mass is 32.1. The number of hydrogen-bond acceptors (Lipinski definition) is 2. The number of nitrogens with one attached hydrogen (secondary N) is 2. The minimum atomic E-state index is -0.000276. The second-order valence-electron chi connectivity index (χ2n) is 9.66. The molecule has 0 fully saturated rings. The van der Waals surface area contributed by atoms with Gasteiger partial charge in [-0.3, -0.25) is 4.79 Å². The summed E-state index contributed by atoms with van der Waals surface area (Å²) in [7, 11) is 0. The zero-order valence-electron chi connectivity index (χ0n) is 20.5. The highest BCUT2D eigenvalue weighted by molar-refractivity contribution is 7.80. The number of aryl methyl sites for hydroxylation is 2. The number of carbonyl (C=O) groups is 1. The van der Waals surface area contributed by atoms with Crippen LogP contribution in [-0.2, 0) is 5.41 Å². The molecule has 0 aliphatic heterocycles. The average Bonchev–Trinajstić information content (AvgIpc) is 2.77. The van der Waals surface area contributed by atoms with Crippen LogP contribution in [0, 0.1) is 13.8 Å². The Kier molecular flexibility index (Phi) is 7.70. The summed E-state index contributed by atoms with van der Waals surface area (Å²) in [6.45, 7) is 12.9. The number of carbonyl (C=O) groups excluding carboxylic acids is 1. The highest BCUT2D eigenvalue weighted by Gasteiger charge is 2.16. The maximum Gasteiger partial charge on any atom is 0.193 e. The lowest BCUT2D eigenvalue weighted by Gasteiger charge is -2.22. The van der Waals surface area contributed by atoms with Gasteiger partial charge in [0.25, 0.3) is 0 Å². The summed E-state index contributed by atoms with van der Waals surface area (Å²) in [5, 5.41) is 7.22. The van der Waals surface area contributed by atoms with Gasteiger partial charge in [-0.1, -0.05) is 87.9 Å². The molecular formula is C29H34N2OS. The molecule has 4 heteroatoms. The van der Waals surface area contributed by atoms with Gasteiger partial charge in [-0.05, 0) is 66.7 Å². The molecule has 0 amide bonds. The van der Waals surface area contributed by atoms with E-state index in [9.17, 15) is 4.79 Å². The van der Waals surface area contributed by atoms with Crippen molar-refractivity contribution in [2.24, 2.45) is 0 Å². The molecule has 33 heavy (non-hydrogen) atoms. The van der Waals surface area contributed by atoms with Gasteiger partial charge in [0.1, 0.15) is 0 Å². The number of anilines is 1. The van der Waals surface area contributed by atoms with E-state index in [0.717, 1.165) is 12.1 Å². The van der Waals surface area contributed by atoms with Gasteiger partial charge >= 0.3 is 0 Å². The van der Waals surface area contributed by atoms with Crippen LogP contribution in [0.25, 0.3) is 0 Å². The van der Waals surface area contributed by atoms with Crippen LogP contribution in [0.3, 0.4) is 0 Å². The van der Waals surface area contributed by atoms with E-state index in [2.05, 4.69) is 70.4 Å². The minimum absolute atomic E-state index is 0.000276. The van der Waals surface area contributed by atoms with Crippen molar-refractivity contribution in [1.82, 2.24) is 5.32 Å². The van der Waals surface area contributed by atoms with Crippen LogP contribution in [0.2, 0.25) is 0 Å². The Morgan fingerprint density at radius 2 is 1.64 bits per heavy atom. The van der Waals surface area contributed by atoms with Gasteiger partial charge in [0.15, 0.2) is 10.9 Å². The molecule has 3 aromatic rings. The second kappa shape index (κ2) is 10.3. The third kappa shape index (κ3) is 6.29. The van der Waals surface area contributed by atoms with E-state index in [1.165, 1.54) is 22.3 Å². The fourth-order valence-corrected chi connectivity index (χ4v) is 4.23. The van der Waals surface area contributed by atoms with Crippen molar-refractivity contribution in [3.05, 3.63) is 100 Å². The molecule has 0 heterocycles. The van der Waals surface area contributed by atoms with Crippen LogP contribution in [0.15, 0.2) is 66.7 Å². The molecule has 0 saturated carbocycles. The van der Waals surface area contributed by atoms with Gasteiger partial charge in [-0.25, -0.2) is 0 Å². The Labute approximate surface area is 203 Å². The third-order valence-electron chi connectivity index (χ3n) is 5.91. The topological polar surface area (TPSA) is 41.1 Å². The lowest BCUT2D eigenvalue weighted by Crippen LogP contribution is -2.32. The quantitative estimate of drug-likeness (QED) is 0.301. The minimum Gasteiger partial charge on any atom is -0.356 e.